The number of esters is 1. The highest BCUT2D eigenvalue weighted by Crippen LogP contribution is 2.25. The molecule has 4 N–H and O–H groups in total. The Balaban J connectivity index is 3.01. The van der Waals surface area contributed by atoms with Crippen molar-refractivity contribution < 1.29 is 22.5 Å². The highest BCUT2D eigenvalue weighted by Gasteiger charge is 2.15. The molecule has 1 aromatic carbocycles. The van der Waals surface area contributed by atoms with Crippen LogP contribution in [0.4, 0.5) is 0 Å². The van der Waals surface area contributed by atoms with E-state index < -0.39 is 24.1 Å². The summed E-state index contributed by atoms with van der Waals surface area (Å²) in [6.45, 7) is 1.63. The fourth-order valence-electron chi connectivity index (χ4n) is 1.08. The topological polar surface area (TPSA) is 92.8 Å². The Hall–Kier alpha value is -1.75. The number of carbonyl (C=O) groups is 1. The molecule has 5 nitrogen and oxygen atoms in total. The number of nitrogens with two attached hydrogens (primary N) is 1. The van der Waals surface area contributed by atoms with E-state index in [1.165, 1.54) is 6.07 Å². The molecule has 0 unspecified atom stereocenters. The fraction of sp³-hybridized carbons (Fsp3) is 0.364. The quantitative estimate of drug-likeness (QED) is 0.515. The van der Waals surface area contributed by atoms with E-state index in [0.717, 1.165) is 12.1 Å². The molecule has 5 heteroatoms. The summed E-state index contributed by atoms with van der Waals surface area (Å²) in [7, 11) is 0. The zero-order valence-electron chi connectivity index (χ0n) is 10.8. The smallest absolute Gasteiger partial charge is 0.323 e. The van der Waals surface area contributed by atoms with Gasteiger partial charge in [0.05, 0.1) is 7.98 Å². The van der Waals surface area contributed by atoms with Gasteiger partial charge in [-0.25, -0.2) is 0 Å². The van der Waals surface area contributed by atoms with Crippen molar-refractivity contribution in [2.45, 2.75) is 19.3 Å². The largest absolute Gasteiger partial charge is 0.504 e. The Morgan fingerprint density at radius 3 is 2.88 bits per heavy atom. The Morgan fingerprint density at radius 1 is 1.62 bits per heavy atom. The van der Waals surface area contributed by atoms with E-state index in [0.29, 0.717) is 0 Å². The number of phenols is 2. The third-order valence-corrected chi connectivity index (χ3v) is 1.83. The molecular formula is C11H15NO4. The van der Waals surface area contributed by atoms with Gasteiger partial charge in [-0.1, -0.05) is 6.07 Å². The summed E-state index contributed by atoms with van der Waals surface area (Å²) < 4.78 is 20.1. The van der Waals surface area contributed by atoms with Crippen LogP contribution in [-0.4, -0.2) is 28.8 Å². The first kappa shape index (κ1) is 9.47. The highest BCUT2D eigenvalue weighted by molar-refractivity contribution is 5.75. The van der Waals surface area contributed by atoms with E-state index >= 15 is 0 Å². The first-order valence-electron chi connectivity index (χ1n) is 5.78. The van der Waals surface area contributed by atoms with E-state index in [-0.39, 0.29) is 17.9 Å². The lowest BCUT2D eigenvalue weighted by Crippen LogP contribution is -2.34. The molecule has 2 atom stereocenters. The van der Waals surface area contributed by atoms with Crippen molar-refractivity contribution in [1.29, 1.82) is 0 Å². The molecule has 0 saturated heterocycles. The number of benzene rings is 1. The maximum atomic E-state index is 11.5. The Kier molecular flexibility index (Phi) is 3.18. The van der Waals surface area contributed by atoms with Crippen LogP contribution in [0.3, 0.4) is 0 Å². The molecule has 0 aliphatic carbocycles. The number of hydrogen-bond acceptors (Lipinski definition) is 5. The molecule has 0 amide bonds. The molecule has 16 heavy (non-hydrogen) atoms. The van der Waals surface area contributed by atoms with Crippen LogP contribution in [0.5, 0.6) is 11.5 Å². The van der Waals surface area contributed by atoms with Gasteiger partial charge in [0, 0.05) is 1.37 Å². The number of ether oxygens (including phenoxy) is 1. The normalized spacial score (nSPS) is 17.9. The molecule has 0 aliphatic rings. The highest BCUT2D eigenvalue weighted by atomic mass is 16.5. The monoisotopic (exact) mass is 227 g/mol. The third-order valence-electron chi connectivity index (χ3n) is 1.83. The van der Waals surface area contributed by atoms with Gasteiger partial charge in [-0.2, -0.15) is 0 Å². The minimum atomic E-state index is -2.28. The zero-order chi connectivity index (χ0) is 13.9. The molecule has 0 saturated carbocycles. The molecule has 0 radical (unpaired) electrons. The third kappa shape index (κ3) is 3.13. The van der Waals surface area contributed by atoms with Crippen LogP contribution < -0.4 is 5.73 Å². The summed E-state index contributed by atoms with van der Waals surface area (Å²) in [6, 6.07) is 1.28. The standard InChI is InChI=1S/C11H15NO4/c1-2-16-11(15)8(12)5-7-3-4-9(13)10(14)6-7/h3-4,6,8,13-14H,2,5,12H2,1H3/t8-/m1/s1/i5D,8D/t5-,8+/m0. The molecule has 0 heterocycles. The Labute approximate surface area is 96.3 Å². The molecule has 1 aromatic rings. The Morgan fingerprint density at radius 2 is 2.31 bits per heavy atom. The maximum Gasteiger partial charge on any atom is 0.323 e. The summed E-state index contributed by atoms with van der Waals surface area (Å²) >= 11 is 0. The predicted octanol–water partition coefficient (Wildman–Crippen LogP) is 0.531. The van der Waals surface area contributed by atoms with Gasteiger partial charge in [-0.3, -0.25) is 4.79 Å². The average molecular weight is 227 g/mol. The van der Waals surface area contributed by atoms with Crippen molar-refractivity contribution in [3.8, 4) is 11.5 Å². The lowest BCUT2D eigenvalue weighted by atomic mass is 10.1. The number of aromatic hydroxyl groups is 2. The second-order valence-corrected chi connectivity index (χ2v) is 3.07. The van der Waals surface area contributed by atoms with Crippen molar-refractivity contribution in [1.82, 2.24) is 0 Å². The molecule has 88 valence electrons. The summed E-state index contributed by atoms with van der Waals surface area (Å²) in [5, 5.41) is 18.4. The second kappa shape index (κ2) is 5.37. The van der Waals surface area contributed by atoms with Gasteiger partial charge < -0.3 is 20.7 Å². The van der Waals surface area contributed by atoms with Crippen LogP contribution in [0.25, 0.3) is 0 Å². The molecule has 0 bridgehead atoms. The van der Waals surface area contributed by atoms with Crippen LogP contribution in [0, 0.1) is 0 Å². The predicted molar refractivity (Wildman–Crippen MR) is 58.1 cm³/mol. The number of rotatable bonds is 4. The van der Waals surface area contributed by atoms with Crippen molar-refractivity contribution in [2.75, 3.05) is 6.61 Å². The second-order valence-electron chi connectivity index (χ2n) is 3.07. The molecule has 1 rings (SSSR count). The minimum absolute atomic E-state index is 0.0597. The van der Waals surface area contributed by atoms with Gasteiger partial charge in [0.25, 0.3) is 0 Å². The van der Waals surface area contributed by atoms with Gasteiger partial charge in [0.15, 0.2) is 11.5 Å². The molecule has 0 fully saturated rings. The van der Waals surface area contributed by atoms with E-state index in [4.69, 9.17) is 13.6 Å². The van der Waals surface area contributed by atoms with Crippen LogP contribution in [0.1, 0.15) is 15.2 Å². The van der Waals surface area contributed by atoms with Crippen LogP contribution in [-0.2, 0) is 15.9 Å². The number of carbonyl (C=O) groups excluding carboxylic acids is 1. The summed E-state index contributed by atoms with van der Waals surface area (Å²) in [5.41, 5.74) is 5.61. The van der Waals surface area contributed by atoms with Gasteiger partial charge >= 0.3 is 5.97 Å². The van der Waals surface area contributed by atoms with Crippen LogP contribution in [0.15, 0.2) is 18.2 Å². The van der Waals surface area contributed by atoms with Crippen LogP contribution >= 0.6 is 0 Å². The summed E-state index contributed by atoms with van der Waals surface area (Å²) in [5.74, 6) is -1.81. The van der Waals surface area contributed by atoms with E-state index in [1.807, 2.05) is 0 Å². The molecule has 0 spiro atoms. The first-order chi connectivity index (χ1) is 8.30. The van der Waals surface area contributed by atoms with Gasteiger partial charge in [-0.15, -0.1) is 0 Å². The Bertz CT molecular complexity index is 451. The molecule has 0 aliphatic heterocycles. The van der Waals surface area contributed by atoms with Gasteiger partial charge in [0.2, 0.25) is 0 Å². The first-order valence-corrected chi connectivity index (χ1v) is 4.71. The van der Waals surface area contributed by atoms with E-state index in [9.17, 15) is 9.90 Å². The van der Waals surface area contributed by atoms with Gasteiger partial charge in [0.1, 0.15) is 6.02 Å². The van der Waals surface area contributed by atoms with Crippen molar-refractivity contribution >= 4 is 5.97 Å². The molecule has 0 aromatic heterocycles. The maximum absolute atomic E-state index is 11.5. The summed E-state index contributed by atoms with van der Waals surface area (Å²) in [4.78, 5) is 11.5. The minimum Gasteiger partial charge on any atom is -0.504 e. The lowest BCUT2D eigenvalue weighted by Gasteiger charge is -2.10. The fourth-order valence-corrected chi connectivity index (χ4v) is 1.08. The zero-order valence-corrected chi connectivity index (χ0v) is 8.80. The number of phenolic OH excluding ortho intramolecular Hbond substituents is 2. The van der Waals surface area contributed by atoms with Crippen LogP contribution in [0.2, 0.25) is 0 Å². The number of hydrogen-bond donors (Lipinski definition) is 3. The van der Waals surface area contributed by atoms with E-state index in [2.05, 4.69) is 4.74 Å². The summed E-state index contributed by atoms with van der Waals surface area (Å²) in [6.07, 6.45) is -1.44. The average Bonchev–Trinajstić information content (AvgIpc) is 2.32. The molecular weight excluding hydrogens is 210 g/mol. The van der Waals surface area contributed by atoms with E-state index in [1.54, 1.807) is 6.92 Å². The lowest BCUT2D eigenvalue weighted by molar-refractivity contribution is -0.144. The van der Waals surface area contributed by atoms with Crippen molar-refractivity contribution in [3.63, 3.8) is 0 Å². The SMILES string of the molecule is [2H][C@@H](c1ccc(O)c(O)c1)[C@@]([2H])(N)C(=O)OCC. The van der Waals surface area contributed by atoms with Crippen molar-refractivity contribution in [3.05, 3.63) is 23.8 Å². The van der Waals surface area contributed by atoms with Gasteiger partial charge in [-0.05, 0) is 31.0 Å². The van der Waals surface area contributed by atoms with Crippen molar-refractivity contribution in [2.24, 2.45) is 5.73 Å².